The van der Waals surface area contributed by atoms with Crippen LogP contribution in [0.4, 0.5) is 4.39 Å². The van der Waals surface area contributed by atoms with Crippen molar-refractivity contribution < 1.29 is 18.7 Å². The first-order valence-electron chi connectivity index (χ1n) is 14.2. The highest BCUT2D eigenvalue weighted by atomic mass is 32.1. The van der Waals surface area contributed by atoms with Crippen LogP contribution < -0.4 is 4.74 Å². The molecule has 0 bridgehead atoms. The minimum Gasteiger partial charge on any atom is -0.453 e. The predicted octanol–water partition coefficient (Wildman–Crippen LogP) is 5.91. The molecule has 6 rings (SSSR count). The predicted molar refractivity (Wildman–Crippen MR) is 158 cm³/mol. The quantitative estimate of drug-likeness (QED) is 0.221. The SMILES string of the molecule is CC(=O)CN1CCN(Cc2ccc(-c3cc4nccc(Oc5ccc(CC(=O)CC6CC6)cc5F)c4s3)nc2)CC1. The molecular formula is C32H33FN4O3S. The van der Waals surface area contributed by atoms with Gasteiger partial charge in [-0.25, -0.2) is 4.39 Å². The fourth-order valence-electron chi connectivity index (χ4n) is 5.26. The number of pyridine rings is 2. The number of benzene rings is 1. The maximum atomic E-state index is 14.9. The molecule has 1 aliphatic heterocycles. The van der Waals surface area contributed by atoms with Crippen LogP contribution in [0.1, 0.15) is 37.3 Å². The average Bonchev–Trinajstić information content (AvgIpc) is 3.65. The number of rotatable bonds is 11. The average molecular weight is 573 g/mol. The van der Waals surface area contributed by atoms with E-state index in [9.17, 15) is 14.0 Å². The van der Waals surface area contributed by atoms with Crippen molar-refractivity contribution in [3.8, 4) is 22.1 Å². The van der Waals surface area contributed by atoms with Crippen LogP contribution in [0, 0.1) is 11.7 Å². The van der Waals surface area contributed by atoms with Crippen LogP contribution in [0.2, 0.25) is 0 Å². The van der Waals surface area contributed by atoms with Gasteiger partial charge in [0.2, 0.25) is 0 Å². The summed E-state index contributed by atoms with van der Waals surface area (Å²) >= 11 is 1.51. The third-order valence-corrected chi connectivity index (χ3v) is 8.76. The van der Waals surface area contributed by atoms with Crippen LogP contribution in [-0.4, -0.2) is 64.1 Å². The number of thiophene rings is 1. The van der Waals surface area contributed by atoms with E-state index in [1.807, 2.05) is 18.3 Å². The van der Waals surface area contributed by atoms with Gasteiger partial charge in [-0.3, -0.25) is 29.4 Å². The number of aromatic nitrogens is 2. The number of ketones is 2. The summed E-state index contributed by atoms with van der Waals surface area (Å²) in [5, 5.41) is 0. The first-order chi connectivity index (χ1) is 19.9. The summed E-state index contributed by atoms with van der Waals surface area (Å²) in [4.78, 5) is 38.3. The summed E-state index contributed by atoms with van der Waals surface area (Å²) in [7, 11) is 0. The lowest BCUT2D eigenvalue weighted by Gasteiger charge is -2.34. The number of fused-ring (bicyclic) bond motifs is 1. The monoisotopic (exact) mass is 572 g/mol. The molecule has 0 N–H and O–H groups in total. The Morgan fingerprint density at radius 3 is 2.46 bits per heavy atom. The second-order valence-electron chi connectivity index (χ2n) is 11.2. The van der Waals surface area contributed by atoms with Crippen LogP contribution in [0.15, 0.2) is 54.9 Å². The van der Waals surface area contributed by atoms with E-state index in [0.29, 0.717) is 30.2 Å². The number of carbonyl (C=O) groups excluding carboxylic acids is 2. The van der Waals surface area contributed by atoms with Crippen molar-refractivity contribution in [3.05, 3.63) is 71.8 Å². The van der Waals surface area contributed by atoms with Crippen LogP contribution in [0.3, 0.4) is 0 Å². The van der Waals surface area contributed by atoms with Crippen LogP contribution in [-0.2, 0) is 22.6 Å². The Hall–Kier alpha value is -3.53. The number of ether oxygens (including phenoxy) is 1. The molecular weight excluding hydrogens is 539 g/mol. The molecule has 0 unspecified atom stereocenters. The van der Waals surface area contributed by atoms with E-state index >= 15 is 0 Å². The van der Waals surface area contributed by atoms with E-state index < -0.39 is 5.82 Å². The maximum Gasteiger partial charge on any atom is 0.166 e. The summed E-state index contributed by atoms with van der Waals surface area (Å²) in [6, 6.07) is 12.6. The van der Waals surface area contributed by atoms with E-state index in [0.717, 1.165) is 71.9 Å². The van der Waals surface area contributed by atoms with E-state index in [2.05, 4.69) is 20.9 Å². The van der Waals surface area contributed by atoms with Crippen molar-refractivity contribution in [2.75, 3.05) is 32.7 Å². The van der Waals surface area contributed by atoms with Gasteiger partial charge in [0.1, 0.15) is 17.3 Å². The highest BCUT2D eigenvalue weighted by Crippen LogP contribution is 2.39. The fourth-order valence-corrected chi connectivity index (χ4v) is 6.31. The van der Waals surface area contributed by atoms with Gasteiger partial charge in [-0.15, -0.1) is 11.3 Å². The number of carbonyl (C=O) groups is 2. The maximum absolute atomic E-state index is 14.9. The summed E-state index contributed by atoms with van der Waals surface area (Å²) in [5.74, 6) is 1.06. The summed E-state index contributed by atoms with van der Waals surface area (Å²) in [5.41, 5.74) is 3.42. The molecule has 1 saturated heterocycles. The Morgan fingerprint density at radius 1 is 0.976 bits per heavy atom. The van der Waals surface area contributed by atoms with Gasteiger partial charge < -0.3 is 4.74 Å². The second kappa shape index (κ2) is 12.1. The molecule has 0 radical (unpaired) electrons. The van der Waals surface area contributed by atoms with Gasteiger partial charge in [0.25, 0.3) is 0 Å². The van der Waals surface area contributed by atoms with Crippen molar-refractivity contribution >= 4 is 33.1 Å². The normalized spacial score (nSPS) is 16.2. The summed E-state index contributed by atoms with van der Waals surface area (Å²) in [6.45, 7) is 6.66. The van der Waals surface area contributed by atoms with Gasteiger partial charge in [-0.1, -0.05) is 12.1 Å². The molecule has 4 aromatic rings. The standard InChI is InChI=1S/C32H33FN4O3S/c1-21(38)19-36-10-12-37(13-11-36)20-24-4-6-27(35-18-24)31-17-28-32(41-31)30(8-9-34-28)40-29-7-5-23(16-26(29)33)15-25(39)14-22-2-3-22/h4-9,16-18,22H,2-3,10-15,19-20H2,1H3. The molecule has 41 heavy (non-hydrogen) atoms. The van der Waals surface area contributed by atoms with Crippen molar-refractivity contribution in [1.82, 2.24) is 19.8 Å². The highest BCUT2D eigenvalue weighted by Gasteiger charge is 2.24. The lowest BCUT2D eigenvalue weighted by molar-refractivity contribution is -0.119. The number of hydrogen-bond donors (Lipinski definition) is 0. The topological polar surface area (TPSA) is 75.6 Å². The smallest absolute Gasteiger partial charge is 0.166 e. The molecule has 1 aromatic carbocycles. The first-order valence-corrected chi connectivity index (χ1v) is 15.0. The van der Waals surface area contributed by atoms with Gasteiger partial charge in [0.05, 0.1) is 27.3 Å². The zero-order chi connectivity index (χ0) is 28.3. The number of piperazine rings is 1. The molecule has 3 aromatic heterocycles. The molecule has 2 aliphatic rings. The third-order valence-electron chi connectivity index (χ3n) is 7.60. The fraction of sp³-hybridized carbons (Fsp3) is 0.375. The Bertz CT molecular complexity index is 1560. The van der Waals surface area contributed by atoms with Crippen molar-refractivity contribution in [1.29, 1.82) is 0 Å². The summed E-state index contributed by atoms with van der Waals surface area (Å²) < 4.78 is 21.7. The molecule has 2 fully saturated rings. The lowest BCUT2D eigenvalue weighted by atomic mass is 10.0. The van der Waals surface area contributed by atoms with Gasteiger partial charge in [-0.05, 0) is 61.1 Å². The van der Waals surface area contributed by atoms with E-state index in [-0.39, 0.29) is 23.7 Å². The minimum absolute atomic E-state index is 0.121. The van der Waals surface area contributed by atoms with Crippen molar-refractivity contribution in [2.24, 2.45) is 5.92 Å². The third kappa shape index (κ3) is 7.04. The van der Waals surface area contributed by atoms with E-state index in [1.165, 1.54) is 17.4 Å². The van der Waals surface area contributed by atoms with Crippen molar-refractivity contribution in [2.45, 2.75) is 39.2 Å². The molecule has 212 valence electrons. The molecule has 9 heteroatoms. The number of halogens is 1. The zero-order valence-corrected chi connectivity index (χ0v) is 24.0. The van der Waals surface area contributed by atoms with Gasteiger partial charge in [0.15, 0.2) is 11.6 Å². The summed E-state index contributed by atoms with van der Waals surface area (Å²) in [6.07, 6.45) is 6.67. The van der Waals surface area contributed by atoms with Crippen LogP contribution >= 0.6 is 11.3 Å². The van der Waals surface area contributed by atoms with Gasteiger partial charge in [-0.2, -0.15) is 0 Å². The molecule has 7 nitrogen and oxygen atoms in total. The molecule has 1 aliphatic carbocycles. The Labute approximate surface area is 243 Å². The highest BCUT2D eigenvalue weighted by molar-refractivity contribution is 7.22. The molecule has 1 saturated carbocycles. The Kier molecular flexibility index (Phi) is 8.18. The largest absolute Gasteiger partial charge is 0.453 e. The first kappa shape index (κ1) is 27.6. The zero-order valence-electron chi connectivity index (χ0n) is 23.1. The van der Waals surface area contributed by atoms with Crippen LogP contribution in [0.25, 0.3) is 20.8 Å². The molecule has 4 heterocycles. The van der Waals surface area contributed by atoms with Crippen molar-refractivity contribution in [3.63, 3.8) is 0 Å². The number of nitrogens with zero attached hydrogens (tertiary/aromatic N) is 4. The minimum atomic E-state index is -0.485. The van der Waals surface area contributed by atoms with E-state index in [4.69, 9.17) is 9.72 Å². The van der Waals surface area contributed by atoms with Gasteiger partial charge in [0, 0.05) is 64.0 Å². The Balaban J connectivity index is 1.11. The number of Topliss-reactive ketones (excluding diaryl/α,β-unsaturated/α-hetero) is 2. The number of hydrogen-bond acceptors (Lipinski definition) is 8. The molecule has 0 amide bonds. The Morgan fingerprint density at radius 2 is 1.76 bits per heavy atom. The van der Waals surface area contributed by atoms with Crippen LogP contribution in [0.5, 0.6) is 11.5 Å². The lowest BCUT2D eigenvalue weighted by Crippen LogP contribution is -2.47. The second-order valence-corrected chi connectivity index (χ2v) is 12.2. The van der Waals surface area contributed by atoms with E-state index in [1.54, 1.807) is 31.3 Å². The molecule has 0 spiro atoms. The molecule has 0 atom stereocenters. The van der Waals surface area contributed by atoms with Gasteiger partial charge >= 0.3 is 0 Å².